The van der Waals surface area contributed by atoms with E-state index in [1.165, 1.54) is 0 Å². The number of hydrogen-bond acceptors (Lipinski definition) is 2. The van der Waals surface area contributed by atoms with Crippen LogP contribution in [-0.2, 0) is 4.79 Å². The summed E-state index contributed by atoms with van der Waals surface area (Å²) >= 11 is 0. The summed E-state index contributed by atoms with van der Waals surface area (Å²) in [6, 6.07) is 2.25. The fourth-order valence-corrected chi connectivity index (χ4v) is 1.63. The van der Waals surface area contributed by atoms with Crippen molar-refractivity contribution in [2.75, 3.05) is 0 Å². The average molecular weight is 151 g/mol. The lowest BCUT2D eigenvalue weighted by Crippen LogP contribution is -2.18. The van der Waals surface area contributed by atoms with Gasteiger partial charge in [0.25, 0.3) is 0 Å². The molecule has 1 fully saturated rings. The highest BCUT2D eigenvalue weighted by molar-refractivity contribution is 5.78. The third kappa shape index (κ3) is 2.04. The first-order valence-corrected chi connectivity index (χ1v) is 4.14. The first-order chi connectivity index (χ1) is 5.24. The molecule has 1 rings (SSSR count). The maximum atomic E-state index is 10.9. The molecule has 0 saturated heterocycles. The van der Waals surface area contributed by atoms with E-state index in [9.17, 15) is 4.79 Å². The van der Waals surface area contributed by atoms with Crippen LogP contribution in [-0.4, -0.2) is 5.78 Å². The summed E-state index contributed by atoms with van der Waals surface area (Å²) < 4.78 is 0. The third-order valence-electron chi connectivity index (χ3n) is 2.48. The Hall–Kier alpha value is -0.840. The van der Waals surface area contributed by atoms with Crippen molar-refractivity contribution in [2.45, 2.75) is 32.6 Å². The maximum absolute atomic E-state index is 10.9. The van der Waals surface area contributed by atoms with E-state index >= 15 is 0 Å². The van der Waals surface area contributed by atoms with Gasteiger partial charge in [0.1, 0.15) is 5.78 Å². The van der Waals surface area contributed by atoms with Crippen molar-refractivity contribution in [1.82, 2.24) is 0 Å². The number of hydrogen-bond donors (Lipinski definition) is 0. The number of carbonyl (C=O) groups excluding carboxylic acids is 1. The van der Waals surface area contributed by atoms with Crippen molar-refractivity contribution in [3.8, 4) is 6.07 Å². The van der Waals surface area contributed by atoms with E-state index < -0.39 is 0 Å². The second-order valence-electron chi connectivity index (χ2n) is 3.29. The second-order valence-corrected chi connectivity index (χ2v) is 3.29. The third-order valence-corrected chi connectivity index (χ3v) is 2.48. The molecule has 0 aromatic heterocycles. The molecule has 1 aliphatic carbocycles. The van der Waals surface area contributed by atoms with Gasteiger partial charge in [0.05, 0.1) is 6.07 Å². The molecular weight excluding hydrogens is 138 g/mol. The van der Waals surface area contributed by atoms with E-state index in [1.54, 1.807) is 6.92 Å². The first kappa shape index (κ1) is 8.26. The Balaban J connectivity index is 2.37. The lowest BCUT2D eigenvalue weighted by molar-refractivity contribution is -0.121. The summed E-state index contributed by atoms with van der Waals surface area (Å²) in [6.45, 7) is 1.65. The van der Waals surface area contributed by atoms with Crippen LogP contribution in [0.3, 0.4) is 0 Å². The molecule has 0 spiro atoms. The lowest BCUT2D eigenvalue weighted by atomic mass is 9.81. The zero-order chi connectivity index (χ0) is 8.27. The Labute approximate surface area is 67.2 Å². The first-order valence-electron chi connectivity index (χ1n) is 4.14. The lowest BCUT2D eigenvalue weighted by Gasteiger charge is -2.22. The molecule has 0 N–H and O–H groups in total. The standard InChI is InChI=1S/C9H13NO/c1-7(11)9-4-2-8(6-10)3-5-9/h8-9H,2-5H2,1H3/t8-,9-. The molecule has 2 heteroatoms. The van der Waals surface area contributed by atoms with Crippen LogP contribution in [0.5, 0.6) is 0 Å². The zero-order valence-electron chi connectivity index (χ0n) is 6.84. The molecular formula is C9H13NO. The van der Waals surface area contributed by atoms with Gasteiger partial charge in [-0.25, -0.2) is 0 Å². The molecule has 0 aromatic carbocycles. The Bertz CT molecular complexity index is 184. The van der Waals surface area contributed by atoms with Crippen LogP contribution in [0.1, 0.15) is 32.6 Å². The van der Waals surface area contributed by atoms with Gasteiger partial charge in [0, 0.05) is 11.8 Å². The van der Waals surface area contributed by atoms with E-state index in [1.807, 2.05) is 0 Å². The zero-order valence-corrected chi connectivity index (χ0v) is 6.84. The molecule has 0 amide bonds. The fourth-order valence-electron chi connectivity index (χ4n) is 1.63. The van der Waals surface area contributed by atoms with Crippen LogP contribution in [0.15, 0.2) is 0 Å². The van der Waals surface area contributed by atoms with Crippen molar-refractivity contribution < 1.29 is 4.79 Å². The Morgan fingerprint density at radius 3 is 2.27 bits per heavy atom. The van der Waals surface area contributed by atoms with E-state index in [-0.39, 0.29) is 11.8 Å². The van der Waals surface area contributed by atoms with Crippen molar-refractivity contribution in [3.05, 3.63) is 0 Å². The van der Waals surface area contributed by atoms with E-state index in [0.29, 0.717) is 5.78 Å². The van der Waals surface area contributed by atoms with Gasteiger partial charge in [-0.15, -0.1) is 0 Å². The number of ketones is 1. The topological polar surface area (TPSA) is 40.9 Å². The molecule has 1 aliphatic rings. The summed E-state index contributed by atoms with van der Waals surface area (Å²) in [5.74, 6) is 0.756. The number of nitriles is 1. The molecule has 0 unspecified atom stereocenters. The fraction of sp³-hybridized carbons (Fsp3) is 0.778. The van der Waals surface area contributed by atoms with Gasteiger partial charge in [0.2, 0.25) is 0 Å². The molecule has 0 aromatic rings. The Morgan fingerprint density at radius 1 is 1.36 bits per heavy atom. The van der Waals surface area contributed by atoms with Crippen LogP contribution in [0, 0.1) is 23.2 Å². The van der Waals surface area contributed by atoms with Crippen LogP contribution in [0.2, 0.25) is 0 Å². The highest BCUT2D eigenvalue weighted by atomic mass is 16.1. The molecule has 11 heavy (non-hydrogen) atoms. The average Bonchev–Trinajstić information content (AvgIpc) is 2.05. The monoisotopic (exact) mass is 151 g/mol. The molecule has 0 heterocycles. The molecule has 0 bridgehead atoms. The molecule has 1 saturated carbocycles. The van der Waals surface area contributed by atoms with Crippen LogP contribution in [0.4, 0.5) is 0 Å². The van der Waals surface area contributed by atoms with Crippen molar-refractivity contribution in [2.24, 2.45) is 11.8 Å². The second kappa shape index (κ2) is 3.52. The normalized spacial score (nSPS) is 30.9. The SMILES string of the molecule is CC(=O)[C@H]1CC[C@H](C#N)CC1. The number of carbonyl (C=O) groups is 1. The molecule has 0 aliphatic heterocycles. The number of rotatable bonds is 1. The predicted octanol–water partition coefficient (Wildman–Crippen LogP) is 1.91. The largest absolute Gasteiger partial charge is 0.300 e. The summed E-state index contributed by atoms with van der Waals surface area (Å²) in [5.41, 5.74) is 0. The Morgan fingerprint density at radius 2 is 1.91 bits per heavy atom. The van der Waals surface area contributed by atoms with Crippen molar-refractivity contribution in [1.29, 1.82) is 5.26 Å². The van der Waals surface area contributed by atoms with Gasteiger partial charge in [-0.3, -0.25) is 4.79 Å². The molecule has 60 valence electrons. The van der Waals surface area contributed by atoms with Gasteiger partial charge in [0.15, 0.2) is 0 Å². The van der Waals surface area contributed by atoms with Crippen LogP contribution in [0.25, 0.3) is 0 Å². The van der Waals surface area contributed by atoms with Gasteiger partial charge in [-0.05, 0) is 32.6 Å². The smallest absolute Gasteiger partial charge is 0.132 e. The minimum atomic E-state index is 0.214. The van der Waals surface area contributed by atoms with E-state index in [0.717, 1.165) is 25.7 Å². The molecule has 2 nitrogen and oxygen atoms in total. The number of Topliss-reactive ketones (excluding diaryl/α,β-unsaturated/α-hetero) is 1. The maximum Gasteiger partial charge on any atom is 0.132 e. The van der Waals surface area contributed by atoms with E-state index in [4.69, 9.17) is 5.26 Å². The van der Waals surface area contributed by atoms with E-state index in [2.05, 4.69) is 6.07 Å². The Kier molecular flexibility index (Phi) is 2.64. The van der Waals surface area contributed by atoms with Crippen LogP contribution >= 0.6 is 0 Å². The molecule has 0 radical (unpaired) electrons. The predicted molar refractivity (Wildman–Crippen MR) is 41.7 cm³/mol. The minimum absolute atomic E-state index is 0.214. The molecule has 0 atom stereocenters. The summed E-state index contributed by atoms with van der Waals surface area (Å²) in [6.07, 6.45) is 3.68. The van der Waals surface area contributed by atoms with Gasteiger partial charge >= 0.3 is 0 Å². The minimum Gasteiger partial charge on any atom is -0.300 e. The summed E-state index contributed by atoms with van der Waals surface area (Å²) in [7, 11) is 0. The van der Waals surface area contributed by atoms with Gasteiger partial charge in [-0.2, -0.15) is 5.26 Å². The summed E-state index contributed by atoms with van der Waals surface area (Å²) in [4.78, 5) is 10.9. The quantitative estimate of drug-likeness (QED) is 0.574. The number of nitrogens with zero attached hydrogens (tertiary/aromatic N) is 1. The highest BCUT2D eigenvalue weighted by Gasteiger charge is 2.23. The van der Waals surface area contributed by atoms with Gasteiger partial charge in [-0.1, -0.05) is 0 Å². The van der Waals surface area contributed by atoms with Crippen molar-refractivity contribution in [3.63, 3.8) is 0 Å². The van der Waals surface area contributed by atoms with Gasteiger partial charge < -0.3 is 0 Å². The summed E-state index contributed by atoms with van der Waals surface area (Å²) in [5, 5.41) is 8.58. The van der Waals surface area contributed by atoms with Crippen molar-refractivity contribution >= 4 is 5.78 Å². The highest BCUT2D eigenvalue weighted by Crippen LogP contribution is 2.28. The van der Waals surface area contributed by atoms with Crippen LogP contribution < -0.4 is 0 Å².